The molecular formula is C16H25ClN4O3S. The minimum atomic E-state index is -3.53. The van der Waals surface area contributed by atoms with Crippen LogP contribution in [0.4, 0.5) is 0 Å². The van der Waals surface area contributed by atoms with Gasteiger partial charge in [-0.25, -0.2) is 8.42 Å². The summed E-state index contributed by atoms with van der Waals surface area (Å²) in [4.78, 5) is 14.4. The predicted octanol–water partition coefficient (Wildman–Crippen LogP) is -0.120. The Labute approximate surface area is 155 Å². The van der Waals surface area contributed by atoms with Gasteiger partial charge in [0, 0.05) is 45.8 Å². The molecule has 2 heterocycles. The number of nitrogens with zero attached hydrogens (tertiary/aromatic N) is 2. The lowest BCUT2D eigenvalue weighted by atomic mass is 10.0. The van der Waals surface area contributed by atoms with Crippen molar-refractivity contribution in [2.75, 3.05) is 46.3 Å². The van der Waals surface area contributed by atoms with Gasteiger partial charge >= 0.3 is 0 Å². The summed E-state index contributed by atoms with van der Waals surface area (Å²) in [5, 5.41) is 5.91. The minimum Gasteiger partial charge on any atom is -0.352 e. The fourth-order valence-corrected chi connectivity index (χ4v) is 4.51. The third-order valence-corrected chi connectivity index (χ3v) is 6.66. The number of amides is 1. The highest BCUT2D eigenvalue weighted by Gasteiger charge is 2.30. The maximum atomic E-state index is 12.9. The van der Waals surface area contributed by atoms with E-state index in [1.807, 2.05) is 7.05 Å². The highest BCUT2D eigenvalue weighted by molar-refractivity contribution is 7.89. The second-order valence-corrected chi connectivity index (χ2v) is 8.29. The molecule has 0 spiro atoms. The van der Waals surface area contributed by atoms with Crippen molar-refractivity contribution in [3.05, 3.63) is 29.8 Å². The van der Waals surface area contributed by atoms with Crippen LogP contribution in [0.5, 0.6) is 0 Å². The number of rotatable bonds is 5. The standard InChI is InChI=1S/C16H24N4O3S.ClH/c1-19-6-8-20(9-7-19)24(22,23)15-5-3-2-4-13(15)12-18-16(21)14-10-17-11-14;/h2-5,14,17H,6-12H2,1H3,(H,18,21);1H. The molecule has 0 aliphatic carbocycles. The van der Waals surface area contributed by atoms with Gasteiger partial charge in [-0.05, 0) is 18.7 Å². The summed E-state index contributed by atoms with van der Waals surface area (Å²) in [5.41, 5.74) is 0.636. The number of benzene rings is 1. The summed E-state index contributed by atoms with van der Waals surface area (Å²) < 4.78 is 27.4. The van der Waals surface area contributed by atoms with Gasteiger partial charge in [-0.2, -0.15) is 4.31 Å². The van der Waals surface area contributed by atoms with E-state index in [9.17, 15) is 13.2 Å². The van der Waals surface area contributed by atoms with E-state index >= 15 is 0 Å². The monoisotopic (exact) mass is 388 g/mol. The SMILES string of the molecule is CN1CCN(S(=O)(=O)c2ccccc2CNC(=O)C2CNC2)CC1.Cl. The van der Waals surface area contributed by atoms with Crippen LogP contribution in [0, 0.1) is 5.92 Å². The number of hydrogen-bond acceptors (Lipinski definition) is 5. The van der Waals surface area contributed by atoms with Crippen LogP contribution in [0.2, 0.25) is 0 Å². The van der Waals surface area contributed by atoms with Crippen molar-refractivity contribution < 1.29 is 13.2 Å². The number of likely N-dealkylation sites (N-methyl/N-ethyl adjacent to an activating group) is 1. The molecule has 2 aliphatic heterocycles. The van der Waals surface area contributed by atoms with Crippen molar-refractivity contribution in [2.24, 2.45) is 5.92 Å². The van der Waals surface area contributed by atoms with Crippen molar-refractivity contribution in [1.29, 1.82) is 0 Å². The number of halogens is 1. The van der Waals surface area contributed by atoms with Crippen LogP contribution in [0.3, 0.4) is 0 Å². The lowest BCUT2D eigenvalue weighted by molar-refractivity contribution is -0.126. The van der Waals surface area contributed by atoms with E-state index in [-0.39, 0.29) is 30.8 Å². The second kappa shape index (κ2) is 8.46. The normalized spacial score (nSPS) is 19.7. The van der Waals surface area contributed by atoms with Crippen molar-refractivity contribution in [2.45, 2.75) is 11.4 Å². The summed E-state index contributed by atoms with van der Waals surface area (Å²) in [6.07, 6.45) is 0. The summed E-state index contributed by atoms with van der Waals surface area (Å²) in [5.74, 6) is -0.0352. The van der Waals surface area contributed by atoms with Gasteiger partial charge in [0.2, 0.25) is 15.9 Å². The number of hydrogen-bond donors (Lipinski definition) is 2. The van der Waals surface area contributed by atoms with Gasteiger partial charge in [0.15, 0.2) is 0 Å². The zero-order valence-corrected chi connectivity index (χ0v) is 15.9. The summed E-state index contributed by atoms with van der Waals surface area (Å²) in [7, 11) is -1.54. The maximum absolute atomic E-state index is 12.9. The first-order valence-corrected chi connectivity index (χ1v) is 9.67. The van der Waals surface area contributed by atoms with Crippen molar-refractivity contribution in [3.8, 4) is 0 Å². The van der Waals surface area contributed by atoms with Gasteiger partial charge in [-0.3, -0.25) is 4.79 Å². The molecule has 2 saturated heterocycles. The van der Waals surface area contributed by atoms with Crippen LogP contribution in [0.15, 0.2) is 29.2 Å². The first-order valence-electron chi connectivity index (χ1n) is 8.23. The molecule has 0 bridgehead atoms. The average molecular weight is 389 g/mol. The fraction of sp³-hybridized carbons (Fsp3) is 0.562. The van der Waals surface area contributed by atoms with Gasteiger partial charge in [-0.1, -0.05) is 18.2 Å². The molecule has 0 unspecified atom stereocenters. The fourth-order valence-electron chi connectivity index (χ4n) is 2.87. The number of sulfonamides is 1. The second-order valence-electron chi connectivity index (χ2n) is 6.39. The Hall–Kier alpha value is -1.19. The lowest BCUT2D eigenvalue weighted by Crippen LogP contribution is -2.50. The molecule has 2 fully saturated rings. The largest absolute Gasteiger partial charge is 0.352 e. The van der Waals surface area contributed by atoms with Crippen LogP contribution in [-0.2, 0) is 21.4 Å². The molecule has 3 rings (SSSR count). The summed E-state index contributed by atoms with van der Waals surface area (Å²) in [6, 6.07) is 6.92. The Morgan fingerprint density at radius 1 is 1.20 bits per heavy atom. The molecule has 0 radical (unpaired) electrons. The first kappa shape index (κ1) is 20.1. The van der Waals surface area contributed by atoms with Crippen molar-refractivity contribution >= 4 is 28.3 Å². The zero-order chi connectivity index (χ0) is 17.2. The van der Waals surface area contributed by atoms with E-state index in [4.69, 9.17) is 0 Å². The third kappa shape index (κ3) is 4.51. The number of carbonyl (C=O) groups excluding carboxylic acids is 1. The quantitative estimate of drug-likeness (QED) is 0.735. The van der Waals surface area contributed by atoms with Gasteiger partial charge < -0.3 is 15.5 Å². The highest BCUT2D eigenvalue weighted by Crippen LogP contribution is 2.21. The Morgan fingerprint density at radius 3 is 2.44 bits per heavy atom. The molecule has 1 aromatic carbocycles. The molecule has 7 nitrogen and oxygen atoms in total. The van der Waals surface area contributed by atoms with Gasteiger partial charge in [-0.15, -0.1) is 12.4 Å². The number of carbonyl (C=O) groups is 1. The summed E-state index contributed by atoms with van der Waals surface area (Å²) >= 11 is 0. The Morgan fingerprint density at radius 2 is 1.84 bits per heavy atom. The van der Waals surface area contributed by atoms with Crippen molar-refractivity contribution in [1.82, 2.24) is 19.8 Å². The Kier molecular flexibility index (Phi) is 6.81. The number of nitrogens with one attached hydrogen (secondary N) is 2. The molecule has 1 aromatic rings. The van der Waals surface area contributed by atoms with E-state index in [1.165, 1.54) is 4.31 Å². The average Bonchev–Trinajstić information content (AvgIpc) is 2.52. The van der Waals surface area contributed by atoms with Crippen LogP contribution in [0.25, 0.3) is 0 Å². The van der Waals surface area contributed by atoms with E-state index in [2.05, 4.69) is 15.5 Å². The zero-order valence-electron chi connectivity index (χ0n) is 14.3. The van der Waals surface area contributed by atoms with E-state index in [0.29, 0.717) is 36.6 Å². The van der Waals surface area contributed by atoms with Gasteiger partial charge in [0.25, 0.3) is 0 Å². The molecular weight excluding hydrogens is 364 g/mol. The molecule has 2 aliphatic rings. The van der Waals surface area contributed by atoms with Crippen LogP contribution >= 0.6 is 12.4 Å². The predicted molar refractivity (Wildman–Crippen MR) is 98.2 cm³/mol. The molecule has 0 aromatic heterocycles. The van der Waals surface area contributed by atoms with E-state index in [0.717, 1.165) is 13.1 Å². The molecule has 9 heteroatoms. The van der Waals surface area contributed by atoms with Gasteiger partial charge in [0.05, 0.1) is 10.8 Å². The van der Waals surface area contributed by atoms with Gasteiger partial charge in [0.1, 0.15) is 0 Å². The molecule has 2 N–H and O–H groups in total. The van der Waals surface area contributed by atoms with Crippen LogP contribution < -0.4 is 10.6 Å². The first-order chi connectivity index (χ1) is 11.5. The summed E-state index contributed by atoms with van der Waals surface area (Å²) in [6.45, 7) is 4.05. The smallest absolute Gasteiger partial charge is 0.243 e. The highest BCUT2D eigenvalue weighted by atomic mass is 35.5. The Bertz CT molecular complexity index is 701. The van der Waals surface area contributed by atoms with E-state index < -0.39 is 10.0 Å². The molecule has 140 valence electrons. The maximum Gasteiger partial charge on any atom is 0.243 e. The topological polar surface area (TPSA) is 81.8 Å². The lowest BCUT2D eigenvalue weighted by Gasteiger charge is -2.32. The van der Waals surface area contributed by atoms with Crippen LogP contribution in [0.1, 0.15) is 5.56 Å². The van der Waals surface area contributed by atoms with Crippen molar-refractivity contribution in [3.63, 3.8) is 0 Å². The van der Waals surface area contributed by atoms with Crippen LogP contribution in [-0.4, -0.2) is 69.8 Å². The minimum absolute atomic E-state index is 0. The molecule has 25 heavy (non-hydrogen) atoms. The van der Waals surface area contributed by atoms with E-state index in [1.54, 1.807) is 24.3 Å². The molecule has 0 atom stereocenters. The third-order valence-electron chi connectivity index (χ3n) is 4.66. The Balaban J connectivity index is 0.00000225. The number of piperazine rings is 1. The molecule has 0 saturated carbocycles. The molecule has 1 amide bonds.